The topological polar surface area (TPSA) is 33.2 Å². The van der Waals surface area contributed by atoms with Crippen molar-refractivity contribution in [3.63, 3.8) is 0 Å². The molecule has 0 saturated carbocycles. The zero-order valence-electron chi connectivity index (χ0n) is 16.0. The molecule has 132 valence electrons. The van der Waals surface area contributed by atoms with Crippen LogP contribution in [0.3, 0.4) is 0 Å². The van der Waals surface area contributed by atoms with E-state index < -0.39 is 5.41 Å². The first kappa shape index (κ1) is 16.8. The summed E-state index contributed by atoms with van der Waals surface area (Å²) in [7, 11) is 0. The van der Waals surface area contributed by atoms with Crippen molar-refractivity contribution in [3.05, 3.63) is 65.9 Å². The Kier molecular flexibility index (Phi) is 3.49. The van der Waals surface area contributed by atoms with E-state index in [1.54, 1.807) is 0 Å². The van der Waals surface area contributed by atoms with Crippen LogP contribution in [0.2, 0.25) is 0 Å². The highest BCUT2D eigenvalue weighted by molar-refractivity contribution is 6.08. The minimum Gasteiger partial charge on any atom is -0.278 e. The number of hydrogen-bond donors (Lipinski definition) is 0. The van der Waals surface area contributed by atoms with Gasteiger partial charge in [-0.15, -0.1) is 0 Å². The van der Waals surface area contributed by atoms with Gasteiger partial charge < -0.3 is 0 Å². The molecular weight excluding hydrogens is 320 g/mol. The van der Waals surface area contributed by atoms with E-state index in [-0.39, 0.29) is 11.3 Å². The van der Waals surface area contributed by atoms with Crippen LogP contribution in [0.15, 0.2) is 54.7 Å². The molecule has 0 bridgehead atoms. The molecule has 0 radical (unpaired) electrons. The van der Waals surface area contributed by atoms with Crippen LogP contribution in [0.1, 0.15) is 38.8 Å². The van der Waals surface area contributed by atoms with Crippen LogP contribution in [-0.4, -0.2) is 10.9 Å². The van der Waals surface area contributed by atoms with E-state index in [0.29, 0.717) is 0 Å². The fourth-order valence-corrected chi connectivity index (χ4v) is 3.87. The average Bonchev–Trinajstić information content (AvgIpc) is 2.61. The summed E-state index contributed by atoms with van der Waals surface area (Å²) in [6, 6.07) is 16.4. The molecule has 1 aliphatic heterocycles. The molecule has 3 aromatic rings. The van der Waals surface area contributed by atoms with E-state index in [1.165, 1.54) is 5.56 Å². The van der Waals surface area contributed by atoms with E-state index in [0.717, 1.165) is 27.8 Å². The largest absolute Gasteiger partial charge is 0.278 e. The number of nitrogens with zero attached hydrogens (tertiary/aromatic N) is 2. The molecule has 26 heavy (non-hydrogen) atoms. The van der Waals surface area contributed by atoms with Gasteiger partial charge in [0.1, 0.15) is 0 Å². The standard InChI is InChI=1S/C23H24N2O/c1-15-9-8-11-18-20(15)25(21(26)23(4,5)22(18,2)3)17-13-16-10-6-7-12-19(16)24-14-17/h6-14H,1-5H3. The van der Waals surface area contributed by atoms with Gasteiger partial charge >= 0.3 is 0 Å². The zero-order valence-corrected chi connectivity index (χ0v) is 16.0. The molecule has 1 aromatic heterocycles. The Morgan fingerprint density at radius 2 is 1.65 bits per heavy atom. The first-order valence-corrected chi connectivity index (χ1v) is 9.04. The molecule has 0 saturated heterocycles. The van der Waals surface area contributed by atoms with Crippen molar-refractivity contribution in [3.8, 4) is 0 Å². The maximum absolute atomic E-state index is 13.6. The second kappa shape index (κ2) is 5.41. The Hall–Kier alpha value is -2.68. The molecule has 2 aromatic carbocycles. The first-order chi connectivity index (χ1) is 12.2. The lowest BCUT2D eigenvalue weighted by molar-refractivity contribution is -0.129. The number of pyridine rings is 1. The summed E-state index contributed by atoms with van der Waals surface area (Å²) in [6.07, 6.45) is 1.81. The van der Waals surface area contributed by atoms with Gasteiger partial charge in [-0.2, -0.15) is 0 Å². The van der Waals surface area contributed by atoms with Crippen LogP contribution >= 0.6 is 0 Å². The Morgan fingerprint density at radius 3 is 2.42 bits per heavy atom. The van der Waals surface area contributed by atoms with Crippen LogP contribution in [0, 0.1) is 12.3 Å². The SMILES string of the molecule is Cc1cccc2c1N(c1cnc3ccccc3c1)C(=O)C(C)(C)C2(C)C. The lowest BCUT2D eigenvalue weighted by atomic mass is 9.60. The van der Waals surface area contributed by atoms with Gasteiger partial charge in [0.15, 0.2) is 0 Å². The quantitative estimate of drug-likeness (QED) is 0.582. The van der Waals surface area contributed by atoms with Gasteiger partial charge in [0.05, 0.1) is 28.5 Å². The number of hydrogen-bond acceptors (Lipinski definition) is 2. The number of aromatic nitrogens is 1. The van der Waals surface area contributed by atoms with E-state index >= 15 is 0 Å². The second-order valence-corrected chi connectivity index (χ2v) is 8.25. The van der Waals surface area contributed by atoms with Crippen LogP contribution in [0.4, 0.5) is 11.4 Å². The Balaban J connectivity index is 2.02. The summed E-state index contributed by atoms with van der Waals surface area (Å²) in [5, 5.41) is 1.04. The van der Waals surface area contributed by atoms with Crippen LogP contribution in [-0.2, 0) is 10.2 Å². The van der Waals surface area contributed by atoms with Gasteiger partial charge in [0.2, 0.25) is 5.91 Å². The number of anilines is 2. The number of carbonyl (C=O) groups is 1. The molecule has 0 atom stereocenters. The third-order valence-electron chi connectivity index (χ3n) is 6.27. The van der Waals surface area contributed by atoms with Crippen molar-refractivity contribution in [2.24, 2.45) is 5.41 Å². The van der Waals surface area contributed by atoms with Crippen molar-refractivity contribution in [2.45, 2.75) is 40.0 Å². The molecule has 2 heterocycles. The maximum atomic E-state index is 13.6. The van der Waals surface area contributed by atoms with E-state index in [2.05, 4.69) is 50.0 Å². The second-order valence-electron chi connectivity index (χ2n) is 8.25. The van der Waals surface area contributed by atoms with E-state index in [4.69, 9.17) is 0 Å². The van der Waals surface area contributed by atoms with Crippen molar-refractivity contribution in [1.29, 1.82) is 0 Å². The average molecular weight is 344 g/mol. The van der Waals surface area contributed by atoms with Crippen LogP contribution in [0.25, 0.3) is 10.9 Å². The molecule has 1 amide bonds. The minimum atomic E-state index is -0.528. The normalized spacial score (nSPS) is 18.0. The van der Waals surface area contributed by atoms with Gasteiger partial charge in [-0.1, -0.05) is 64.1 Å². The molecular formula is C23H24N2O. The van der Waals surface area contributed by atoms with Crippen molar-refractivity contribution < 1.29 is 4.79 Å². The number of aryl methyl sites for hydroxylation is 1. The first-order valence-electron chi connectivity index (χ1n) is 9.04. The molecule has 1 aliphatic rings. The highest BCUT2D eigenvalue weighted by atomic mass is 16.2. The summed E-state index contributed by atoms with van der Waals surface area (Å²) in [5.41, 5.74) is 4.28. The summed E-state index contributed by atoms with van der Waals surface area (Å²) in [5.74, 6) is 0.112. The number of benzene rings is 2. The monoisotopic (exact) mass is 344 g/mol. The zero-order chi connectivity index (χ0) is 18.7. The Morgan fingerprint density at radius 1 is 0.923 bits per heavy atom. The summed E-state index contributed by atoms with van der Waals surface area (Å²) >= 11 is 0. The fraction of sp³-hybridized carbons (Fsp3) is 0.304. The van der Waals surface area contributed by atoms with Crippen LogP contribution in [0.5, 0.6) is 0 Å². The third-order valence-corrected chi connectivity index (χ3v) is 6.27. The Bertz CT molecular complexity index is 1030. The third kappa shape index (κ3) is 2.13. The lowest BCUT2D eigenvalue weighted by Gasteiger charge is -2.50. The van der Waals surface area contributed by atoms with Gasteiger partial charge in [0.25, 0.3) is 0 Å². The maximum Gasteiger partial charge on any atom is 0.238 e. The Labute approximate surface area is 154 Å². The van der Waals surface area contributed by atoms with Crippen LogP contribution < -0.4 is 4.90 Å². The van der Waals surface area contributed by atoms with E-state index in [1.807, 2.05) is 49.2 Å². The fourth-order valence-electron chi connectivity index (χ4n) is 3.87. The van der Waals surface area contributed by atoms with Gasteiger partial charge in [-0.25, -0.2) is 0 Å². The molecule has 0 aliphatic carbocycles. The smallest absolute Gasteiger partial charge is 0.238 e. The molecule has 0 spiro atoms. The number of amides is 1. The summed E-state index contributed by atoms with van der Waals surface area (Å²) < 4.78 is 0. The van der Waals surface area contributed by atoms with Crippen molar-refractivity contribution >= 4 is 28.2 Å². The molecule has 3 heteroatoms. The highest BCUT2D eigenvalue weighted by Crippen LogP contribution is 2.53. The lowest BCUT2D eigenvalue weighted by Crippen LogP contribution is -2.54. The minimum absolute atomic E-state index is 0.112. The van der Waals surface area contributed by atoms with E-state index in [9.17, 15) is 4.79 Å². The van der Waals surface area contributed by atoms with Crippen molar-refractivity contribution in [1.82, 2.24) is 4.98 Å². The molecule has 4 rings (SSSR count). The molecule has 0 fully saturated rings. The molecule has 0 unspecified atom stereocenters. The van der Waals surface area contributed by atoms with Gasteiger partial charge in [0, 0.05) is 10.8 Å². The van der Waals surface area contributed by atoms with Gasteiger partial charge in [-0.3, -0.25) is 14.7 Å². The number of para-hydroxylation sites is 2. The number of fused-ring (bicyclic) bond motifs is 2. The highest BCUT2D eigenvalue weighted by Gasteiger charge is 2.52. The molecule has 3 nitrogen and oxygen atoms in total. The predicted molar refractivity (Wildman–Crippen MR) is 107 cm³/mol. The van der Waals surface area contributed by atoms with Gasteiger partial charge in [-0.05, 0) is 30.2 Å². The predicted octanol–water partition coefficient (Wildman–Crippen LogP) is 5.53. The number of carbonyl (C=O) groups excluding carboxylic acids is 1. The van der Waals surface area contributed by atoms with Crippen molar-refractivity contribution in [2.75, 3.05) is 4.90 Å². The molecule has 0 N–H and O–H groups in total. The summed E-state index contributed by atoms with van der Waals surface area (Å²) in [4.78, 5) is 20.1. The summed E-state index contributed by atoms with van der Waals surface area (Å²) in [6.45, 7) is 10.5. The number of rotatable bonds is 1.